The van der Waals surface area contributed by atoms with E-state index in [1.165, 1.54) is 0 Å². The quantitative estimate of drug-likeness (QED) is 0.409. The number of hydrogen-bond donors (Lipinski definition) is 4. The summed E-state index contributed by atoms with van der Waals surface area (Å²) in [7, 11) is 0. The van der Waals surface area contributed by atoms with Crippen LogP contribution in [0.4, 0.5) is 0 Å². The van der Waals surface area contributed by atoms with Crippen molar-refractivity contribution in [3.05, 3.63) is 12.2 Å². The molecule has 9 nitrogen and oxygen atoms in total. The molecule has 2 heterocycles. The number of carbonyl (C=O) groups excluding carboxylic acids is 4. The van der Waals surface area contributed by atoms with Crippen LogP contribution in [-0.2, 0) is 19.2 Å². The lowest BCUT2D eigenvalue weighted by Crippen LogP contribution is -2.59. The van der Waals surface area contributed by atoms with Crippen LogP contribution in [-0.4, -0.2) is 59.2 Å². The van der Waals surface area contributed by atoms with E-state index in [4.69, 9.17) is 11.5 Å². The number of rotatable bonds is 6. The number of primary amides is 1. The van der Waals surface area contributed by atoms with Crippen LogP contribution in [0.1, 0.15) is 47.0 Å². The average molecular weight is 460 g/mol. The Hall–Kier alpha value is -2.42. The van der Waals surface area contributed by atoms with Crippen LogP contribution in [0, 0.1) is 35.0 Å². The van der Waals surface area contributed by atoms with E-state index in [1.54, 1.807) is 4.90 Å². The molecule has 182 valence electrons. The molecule has 0 aromatic heterocycles. The Bertz CT molecular complexity index is 881. The van der Waals surface area contributed by atoms with Crippen LogP contribution in [0.15, 0.2) is 12.2 Å². The molecule has 0 aromatic carbocycles. The smallest absolute Gasteiger partial charge is 0.243 e. The number of nitrogens with one attached hydrogen (secondary N) is 2. The van der Waals surface area contributed by atoms with E-state index in [9.17, 15) is 19.2 Å². The molecule has 0 unspecified atom stereocenters. The van der Waals surface area contributed by atoms with Gasteiger partial charge in [-0.2, -0.15) is 0 Å². The van der Waals surface area contributed by atoms with Crippen LogP contribution in [0.5, 0.6) is 0 Å². The number of nitrogens with two attached hydrogens (primary N) is 2. The molecule has 4 amide bonds. The summed E-state index contributed by atoms with van der Waals surface area (Å²) in [5, 5.41) is 5.56. The summed E-state index contributed by atoms with van der Waals surface area (Å²) in [6, 6.07) is -2.58. The van der Waals surface area contributed by atoms with Gasteiger partial charge in [-0.15, -0.1) is 0 Å². The molecule has 9 atom stereocenters. The Kier molecular flexibility index (Phi) is 6.05. The van der Waals surface area contributed by atoms with Gasteiger partial charge in [-0.25, -0.2) is 0 Å². The largest absolute Gasteiger partial charge is 0.368 e. The first-order valence-corrected chi connectivity index (χ1v) is 12.0. The average Bonchev–Trinajstić information content (AvgIpc) is 3.49. The Morgan fingerprint density at radius 2 is 1.85 bits per heavy atom. The topological polar surface area (TPSA) is 148 Å². The van der Waals surface area contributed by atoms with Crippen molar-refractivity contribution in [1.82, 2.24) is 15.5 Å². The third-order valence-electron chi connectivity index (χ3n) is 8.31. The van der Waals surface area contributed by atoms with Gasteiger partial charge >= 0.3 is 0 Å². The second-order valence-electron chi connectivity index (χ2n) is 11.4. The highest BCUT2D eigenvalue weighted by molar-refractivity contribution is 5.94. The van der Waals surface area contributed by atoms with Crippen LogP contribution >= 0.6 is 0 Å². The summed E-state index contributed by atoms with van der Waals surface area (Å²) in [4.78, 5) is 53.1. The lowest BCUT2D eigenvalue weighted by Gasteiger charge is -2.37. The third kappa shape index (κ3) is 4.05. The fraction of sp³-hybridized carbons (Fsp3) is 0.750. The van der Waals surface area contributed by atoms with Gasteiger partial charge in [0.25, 0.3) is 0 Å². The zero-order valence-electron chi connectivity index (χ0n) is 19.9. The van der Waals surface area contributed by atoms with Crippen molar-refractivity contribution in [3.63, 3.8) is 0 Å². The fourth-order valence-corrected chi connectivity index (χ4v) is 6.47. The zero-order valence-corrected chi connectivity index (χ0v) is 19.9. The summed E-state index contributed by atoms with van der Waals surface area (Å²) >= 11 is 0. The lowest BCUT2D eigenvalue weighted by atomic mass is 9.79. The molecule has 4 rings (SSSR count). The Balaban J connectivity index is 1.60. The second-order valence-corrected chi connectivity index (χ2v) is 11.4. The molecule has 2 bridgehead atoms. The van der Waals surface area contributed by atoms with E-state index in [1.807, 2.05) is 27.7 Å². The van der Waals surface area contributed by atoms with Crippen molar-refractivity contribution >= 4 is 23.6 Å². The van der Waals surface area contributed by atoms with Gasteiger partial charge in [0.05, 0.1) is 6.04 Å². The van der Waals surface area contributed by atoms with Crippen molar-refractivity contribution in [1.29, 1.82) is 0 Å². The number of amides is 4. The van der Waals surface area contributed by atoms with E-state index in [0.29, 0.717) is 18.9 Å². The predicted molar refractivity (Wildman–Crippen MR) is 122 cm³/mol. The molecule has 9 heteroatoms. The number of nitrogens with zero attached hydrogens (tertiary/aromatic N) is 1. The molecule has 6 N–H and O–H groups in total. The maximum atomic E-state index is 13.7. The van der Waals surface area contributed by atoms with Crippen LogP contribution in [0.25, 0.3) is 0 Å². The molecule has 0 aromatic rings. The molecule has 3 fully saturated rings. The van der Waals surface area contributed by atoms with Gasteiger partial charge in [-0.3, -0.25) is 19.2 Å². The summed E-state index contributed by atoms with van der Waals surface area (Å²) in [6.45, 7) is 8.28. The molecular formula is C24H37N5O4. The van der Waals surface area contributed by atoms with E-state index in [0.717, 1.165) is 6.42 Å². The standard InChI is InChI=1S/C24H37N5O4/c1-11-16-12-5-6-13(9-12)17(16)18(29(11)23(33)19(25)24(2,3)4)22(32)28-15(20(26)30)10-14-7-8-27-21(14)31/h5-6,11-19H,7-10,25H2,1-4H3,(H2,26,30)(H,27,31)(H,28,32)/t11-,12+,13-,14-,15-,16+,17-,18-,19+/m0/s1. The maximum absolute atomic E-state index is 13.7. The fourth-order valence-electron chi connectivity index (χ4n) is 6.47. The maximum Gasteiger partial charge on any atom is 0.243 e. The van der Waals surface area contributed by atoms with Crippen molar-refractivity contribution in [3.8, 4) is 0 Å². The van der Waals surface area contributed by atoms with Gasteiger partial charge in [-0.1, -0.05) is 32.9 Å². The molecule has 4 aliphatic rings. The summed E-state index contributed by atoms with van der Waals surface area (Å²) in [5.74, 6) is -1.08. The molecular weight excluding hydrogens is 422 g/mol. The zero-order chi connectivity index (χ0) is 24.2. The number of allylic oxidation sites excluding steroid dienone is 2. The molecule has 0 radical (unpaired) electrons. The first-order chi connectivity index (χ1) is 15.4. The van der Waals surface area contributed by atoms with Crippen LogP contribution in [0.2, 0.25) is 0 Å². The minimum absolute atomic E-state index is 0.0191. The molecule has 2 aliphatic heterocycles. The Morgan fingerprint density at radius 1 is 1.21 bits per heavy atom. The van der Waals surface area contributed by atoms with E-state index in [-0.39, 0.29) is 53.9 Å². The molecule has 2 aliphatic carbocycles. The van der Waals surface area contributed by atoms with Crippen molar-refractivity contribution < 1.29 is 19.2 Å². The Morgan fingerprint density at radius 3 is 2.39 bits per heavy atom. The summed E-state index contributed by atoms with van der Waals surface area (Å²) in [6.07, 6.45) is 6.11. The van der Waals surface area contributed by atoms with Gasteiger partial charge < -0.3 is 27.0 Å². The van der Waals surface area contributed by atoms with Crippen molar-refractivity contribution in [2.45, 2.75) is 71.1 Å². The van der Waals surface area contributed by atoms with E-state index >= 15 is 0 Å². The normalized spacial score (nSPS) is 36.5. The van der Waals surface area contributed by atoms with Crippen LogP contribution < -0.4 is 22.1 Å². The number of carbonyl (C=O) groups is 4. The van der Waals surface area contributed by atoms with Gasteiger partial charge in [0.2, 0.25) is 23.6 Å². The lowest BCUT2D eigenvalue weighted by molar-refractivity contribution is -0.144. The Labute approximate surface area is 195 Å². The number of fused-ring (bicyclic) bond motifs is 5. The van der Waals surface area contributed by atoms with Crippen LogP contribution in [0.3, 0.4) is 0 Å². The highest BCUT2D eigenvalue weighted by Crippen LogP contribution is 2.56. The molecule has 2 saturated heterocycles. The van der Waals surface area contributed by atoms with Gasteiger partial charge in [-0.05, 0) is 55.3 Å². The van der Waals surface area contributed by atoms with Gasteiger partial charge in [0, 0.05) is 18.5 Å². The minimum atomic E-state index is -0.969. The number of hydrogen-bond acceptors (Lipinski definition) is 5. The van der Waals surface area contributed by atoms with E-state index < -0.39 is 29.4 Å². The van der Waals surface area contributed by atoms with Crippen molar-refractivity contribution in [2.75, 3.05) is 6.54 Å². The third-order valence-corrected chi connectivity index (χ3v) is 8.31. The monoisotopic (exact) mass is 459 g/mol. The van der Waals surface area contributed by atoms with E-state index in [2.05, 4.69) is 22.8 Å². The summed E-state index contributed by atoms with van der Waals surface area (Å²) < 4.78 is 0. The number of likely N-dealkylation sites (tertiary alicyclic amines) is 1. The highest BCUT2D eigenvalue weighted by atomic mass is 16.2. The highest BCUT2D eigenvalue weighted by Gasteiger charge is 2.61. The first-order valence-electron chi connectivity index (χ1n) is 12.0. The van der Waals surface area contributed by atoms with Gasteiger partial charge in [0.1, 0.15) is 12.1 Å². The second kappa shape index (κ2) is 8.42. The predicted octanol–water partition coefficient (Wildman–Crippen LogP) is -0.106. The first kappa shape index (κ1) is 23.7. The van der Waals surface area contributed by atoms with Gasteiger partial charge in [0.15, 0.2) is 0 Å². The molecule has 33 heavy (non-hydrogen) atoms. The van der Waals surface area contributed by atoms with Crippen molar-refractivity contribution in [2.24, 2.45) is 46.5 Å². The molecule has 1 saturated carbocycles. The SMILES string of the molecule is C[C@H]1[C@H]2[C@@H]([C@@H](C(=O)N[C@@H](C[C@@H]3CCNC3=O)C(N)=O)N1C(=O)[C@@H](N)C(C)(C)C)[C@H]1C=C[C@@H]2C1. The molecule has 0 spiro atoms. The minimum Gasteiger partial charge on any atom is -0.368 e. The summed E-state index contributed by atoms with van der Waals surface area (Å²) in [5.41, 5.74) is 11.5.